The minimum absolute atomic E-state index is 0.0138. The molecule has 5 nitrogen and oxygen atoms in total. The molecule has 0 N–H and O–H groups in total. The van der Waals surface area contributed by atoms with Crippen molar-refractivity contribution in [1.29, 1.82) is 0 Å². The maximum absolute atomic E-state index is 13.4. The SMILES string of the molecule is CC1Cc2c(Br)cccc2N(c2ccc(OCc3ccccc3)nc2OCc2ccccc2)C1=O. The Labute approximate surface area is 213 Å². The minimum Gasteiger partial charge on any atom is -0.473 e. The number of nitrogens with zero attached hydrogens (tertiary/aromatic N) is 2. The fourth-order valence-corrected chi connectivity index (χ4v) is 4.69. The molecule has 35 heavy (non-hydrogen) atoms. The van der Waals surface area contributed by atoms with Crippen LogP contribution in [0.15, 0.2) is 95.5 Å². The monoisotopic (exact) mass is 528 g/mol. The summed E-state index contributed by atoms with van der Waals surface area (Å²) in [4.78, 5) is 19.8. The molecule has 0 spiro atoms. The van der Waals surface area contributed by atoms with Crippen LogP contribution in [0.1, 0.15) is 23.6 Å². The summed E-state index contributed by atoms with van der Waals surface area (Å²) in [6, 6.07) is 29.4. The number of benzene rings is 3. The molecule has 2 heterocycles. The average Bonchev–Trinajstić information content (AvgIpc) is 2.89. The third kappa shape index (κ3) is 5.08. The van der Waals surface area contributed by atoms with Gasteiger partial charge in [0.25, 0.3) is 0 Å². The summed E-state index contributed by atoms with van der Waals surface area (Å²) < 4.78 is 13.2. The van der Waals surface area contributed by atoms with Crippen LogP contribution in [-0.4, -0.2) is 10.9 Å². The standard InChI is InChI=1S/C29H25BrN2O3/c1-20-17-23-24(30)13-8-14-25(23)32(29(20)33)26-15-16-27(34-18-21-9-4-2-5-10-21)31-28(26)35-19-22-11-6-3-7-12-22/h2-16,20H,17-19H2,1H3. The Hall–Kier alpha value is -3.64. The van der Waals surface area contributed by atoms with Gasteiger partial charge in [0.2, 0.25) is 17.7 Å². The van der Waals surface area contributed by atoms with Crippen LogP contribution in [-0.2, 0) is 24.4 Å². The predicted molar refractivity (Wildman–Crippen MR) is 140 cm³/mol. The van der Waals surface area contributed by atoms with Crippen LogP contribution in [0.4, 0.5) is 11.4 Å². The van der Waals surface area contributed by atoms with Crippen LogP contribution >= 0.6 is 15.9 Å². The van der Waals surface area contributed by atoms with Gasteiger partial charge in [-0.1, -0.05) is 89.6 Å². The topological polar surface area (TPSA) is 51.7 Å². The lowest BCUT2D eigenvalue weighted by Gasteiger charge is -2.34. The van der Waals surface area contributed by atoms with Gasteiger partial charge >= 0.3 is 0 Å². The number of hydrogen-bond donors (Lipinski definition) is 0. The van der Waals surface area contributed by atoms with Crippen molar-refractivity contribution in [3.8, 4) is 11.8 Å². The molecule has 6 heteroatoms. The number of aromatic nitrogens is 1. The molecule has 1 aliphatic rings. The van der Waals surface area contributed by atoms with Crippen LogP contribution in [0.25, 0.3) is 0 Å². The van der Waals surface area contributed by atoms with Crippen LogP contribution < -0.4 is 14.4 Å². The molecular weight excluding hydrogens is 504 g/mol. The first kappa shape index (κ1) is 23.1. The largest absolute Gasteiger partial charge is 0.473 e. The number of fused-ring (bicyclic) bond motifs is 1. The van der Waals surface area contributed by atoms with Gasteiger partial charge in [0.15, 0.2) is 0 Å². The Morgan fingerprint density at radius 3 is 2.17 bits per heavy atom. The van der Waals surface area contributed by atoms with E-state index in [1.807, 2.05) is 91.9 Å². The fraction of sp³-hybridized carbons (Fsp3) is 0.172. The van der Waals surface area contributed by atoms with Gasteiger partial charge in [-0.15, -0.1) is 0 Å². The van der Waals surface area contributed by atoms with E-state index in [9.17, 15) is 4.79 Å². The van der Waals surface area contributed by atoms with E-state index in [4.69, 9.17) is 9.47 Å². The number of carbonyl (C=O) groups is 1. The Morgan fingerprint density at radius 1 is 0.829 bits per heavy atom. The lowest BCUT2D eigenvalue weighted by atomic mass is 9.92. The molecule has 0 bridgehead atoms. The van der Waals surface area contributed by atoms with Crippen molar-refractivity contribution in [3.05, 3.63) is 112 Å². The zero-order chi connectivity index (χ0) is 24.2. The van der Waals surface area contributed by atoms with Crippen molar-refractivity contribution < 1.29 is 14.3 Å². The summed E-state index contributed by atoms with van der Waals surface area (Å²) >= 11 is 3.66. The summed E-state index contributed by atoms with van der Waals surface area (Å²) in [5.74, 6) is 0.637. The fourth-order valence-electron chi connectivity index (χ4n) is 4.17. The quantitative estimate of drug-likeness (QED) is 0.263. The third-order valence-electron chi connectivity index (χ3n) is 5.99. The number of carbonyl (C=O) groups excluding carboxylic acids is 1. The highest BCUT2D eigenvalue weighted by molar-refractivity contribution is 9.10. The maximum Gasteiger partial charge on any atom is 0.242 e. The van der Waals surface area contributed by atoms with Gasteiger partial charge in [-0.05, 0) is 41.3 Å². The lowest BCUT2D eigenvalue weighted by molar-refractivity contribution is -0.121. The highest BCUT2D eigenvalue weighted by Gasteiger charge is 2.34. The van der Waals surface area contributed by atoms with Crippen molar-refractivity contribution in [2.24, 2.45) is 5.92 Å². The second-order valence-electron chi connectivity index (χ2n) is 8.54. The second kappa shape index (κ2) is 10.3. The molecule has 4 aromatic rings. The zero-order valence-electron chi connectivity index (χ0n) is 19.4. The van der Waals surface area contributed by atoms with Crippen molar-refractivity contribution >= 4 is 33.2 Å². The number of pyridine rings is 1. The van der Waals surface area contributed by atoms with E-state index < -0.39 is 0 Å². The summed E-state index contributed by atoms with van der Waals surface area (Å²) in [5.41, 5.74) is 4.59. The van der Waals surface area contributed by atoms with E-state index in [0.29, 0.717) is 37.1 Å². The molecule has 176 valence electrons. The van der Waals surface area contributed by atoms with Crippen LogP contribution in [0.5, 0.6) is 11.8 Å². The molecule has 1 unspecified atom stereocenters. The maximum atomic E-state index is 13.4. The van der Waals surface area contributed by atoms with Gasteiger partial charge in [-0.25, -0.2) is 0 Å². The van der Waals surface area contributed by atoms with Gasteiger partial charge < -0.3 is 9.47 Å². The predicted octanol–water partition coefficient (Wildman–Crippen LogP) is 6.86. The van der Waals surface area contributed by atoms with Crippen molar-refractivity contribution in [3.63, 3.8) is 0 Å². The molecule has 1 amide bonds. The second-order valence-corrected chi connectivity index (χ2v) is 9.39. The van der Waals surface area contributed by atoms with Crippen molar-refractivity contribution in [2.45, 2.75) is 26.6 Å². The van der Waals surface area contributed by atoms with Crippen molar-refractivity contribution in [2.75, 3.05) is 4.90 Å². The molecule has 0 aliphatic carbocycles. The molecule has 1 atom stereocenters. The van der Waals surface area contributed by atoms with Crippen LogP contribution in [0, 0.1) is 5.92 Å². The minimum atomic E-state index is -0.169. The van der Waals surface area contributed by atoms with E-state index in [2.05, 4.69) is 20.9 Å². The Bertz CT molecular complexity index is 1330. The van der Waals surface area contributed by atoms with Gasteiger partial charge in [0.1, 0.15) is 18.9 Å². The summed E-state index contributed by atoms with van der Waals surface area (Å²) in [5, 5.41) is 0. The van der Waals surface area contributed by atoms with E-state index in [1.54, 1.807) is 11.0 Å². The van der Waals surface area contributed by atoms with Gasteiger partial charge in [-0.2, -0.15) is 4.98 Å². The first-order chi connectivity index (χ1) is 17.1. The van der Waals surface area contributed by atoms with Gasteiger partial charge in [0, 0.05) is 16.5 Å². The van der Waals surface area contributed by atoms with E-state index in [0.717, 1.165) is 26.9 Å². The summed E-state index contributed by atoms with van der Waals surface area (Å²) in [7, 11) is 0. The number of amides is 1. The molecule has 3 aromatic carbocycles. The van der Waals surface area contributed by atoms with Crippen LogP contribution in [0.3, 0.4) is 0 Å². The molecule has 1 aliphatic heterocycles. The number of halogens is 1. The molecule has 0 saturated heterocycles. The molecule has 1 aromatic heterocycles. The molecule has 0 radical (unpaired) electrons. The highest BCUT2D eigenvalue weighted by atomic mass is 79.9. The smallest absolute Gasteiger partial charge is 0.242 e. The molecule has 0 fully saturated rings. The first-order valence-corrected chi connectivity index (χ1v) is 12.4. The van der Waals surface area contributed by atoms with Crippen LogP contribution in [0.2, 0.25) is 0 Å². The van der Waals surface area contributed by atoms with Crippen molar-refractivity contribution in [1.82, 2.24) is 4.98 Å². The molecular formula is C29H25BrN2O3. The number of rotatable bonds is 7. The summed E-state index contributed by atoms with van der Waals surface area (Å²) in [6.07, 6.45) is 0.679. The summed E-state index contributed by atoms with van der Waals surface area (Å²) in [6.45, 7) is 2.67. The Morgan fingerprint density at radius 2 is 1.49 bits per heavy atom. The zero-order valence-corrected chi connectivity index (χ0v) is 20.9. The van der Waals surface area contributed by atoms with E-state index in [1.165, 1.54) is 0 Å². The van der Waals surface area contributed by atoms with Gasteiger partial charge in [0.05, 0.1) is 5.69 Å². The third-order valence-corrected chi connectivity index (χ3v) is 6.73. The van der Waals surface area contributed by atoms with E-state index >= 15 is 0 Å². The number of hydrogen-bond acceptors (Lipinski definition) is 4. The molecule has 5 rings (SSSR count). The van der Waals surface area contributed by atoms with E-state index in [-0.39, 0.29) is 11.8 Å². The average molecular weight is 529 g/mol. The first-order valence-electron chi connectivity index (χ1n) is 11.6. The molecule has 0 saturated carbocycles. The number of anilines is 2. The normalized spacial score (nSPS) is 15.0. The number of ether oxygens (including phenoxy) is 2. The Kier molecular flexibility index (Phi) is 6.82. The Balaban J connectivity index is 1.51. The highest BCUT2D eigenvalue weighted by Crippen LogP contribution is 2.43. The lowest BCUT2D eigenvalue weighted by Crippen LogP contribution is -2.37. The van der Waals surface area contributed by atoms with Gasteiger partial charge in [-0.3, -0.25) is 9.69 Å².